The Morgan fingerprint density at radius 2 is 1.71 bits per heavy atom. The summed E-state index contributed by atoms with van der Waals surface area (Å²) in [5.74, 6) is -0.104. The monoisotopic (exact) mass is 384 g/mol. The number of aromatic nitrogens is 4. The van der Waals surface area contributed by atoms with Crippen molar-refractivity contribution in [3.63, 3.8) is 0 Å². The second-order valence-corrected chi connectivity index (χ2v) is 7.32. The number of rotatable bonds is 3. The number of hydrogen-bond acceptors (Lipinski definition) is 4. The smallest absolute Gasteiger partial charge is 0.272 e. The van der Waals surface area contributed by atoms with Crippen LogP contribution in [0, 0.1) is 5.82 Å². The first-order valence-corrected chi connectivity index (χ1v) is 8.62. The second-order valence-electron chi connectivity index (χ2n) is 7.32. The van der Waals surface area contributed by atoms with Crippen molar-refractivity contribution in [3.8, 4) is 5.75 Å². The Labute approximate surface area is 159 Å². The van der Waals surface area contributed by atoms with E-state index in [4.69, 9.17) is 4.74 Å². The van der Waals surface area contributed by atoms with Gasteiger partial charge in [-0.25, -0.2) is 9.37 Å². The van der Waals surface area contributed by atoms with Gasteiger partial charge in [0.15, 0.2) is 0 Å². The molecule has 0 radical (unpaired) electrons. The van der Waals surface area contributed by atoms with Gasteiger partial charge in [0.2, 0.25) is 0 Å². The SMILES string of the molecule is COc1ccc(F)c(C=c2[nH]c(=O)c(=Cc3nc[nH]c3C(C)(C)C)[nH]c2=O)c1. The van der Waals surface area contributed by atoms with Crippen LogP contribution in [0.15, 0.2) is 34.1 Å². The van der Waals surface area contributed by atoms with Gasteiger partial charge in [-0.3, -0.25) is 9.59 Å². The summed E-state index contributed by atoms with van der Waals surface area (Å²) in [6, 6.07) is 4.13. The molecule has 0 saturated heterocycles. The molecule has 1 aromatic carbocycles. The van der Waals surface area contributed by atoms with E-state index in [0.29, 0.717) is 11.4 Å². The number of imidazole rings is 1. The summed E-state index contributed by atoms with van der Waals surface area (Å²) in [7, 11) is 1.46. The summed E-state index contributed by atoms with van der Waals surface area (Å²) < 4.78 is 19.1. The summed E-state index contributed by atoms with van der Waals surface area (Å²) in [6.45, 7) is 6.02. The van der Waals surface area contributed by atoms with E-state index in [1.165, 1.54) is 43.8 Å². The average molecular weight is 384 g/mol. The Hall–Kier alpha value is -3.42. The maximum absolute atomic E-state index is 14.0. The molecule has 0 bridgehead atoms. The van der Waals surface area contributed by atoms with Gasteiger partial charge in [-0.05, 0) is 30.4 Å². The summed E-state index contributed by atoms with van der Waals surface area (Å²) >= 11 is 0. The standard InChI is InChI=1S/C20H21FN4O3/c1-20(2,3)17-14(22-10-23-17)9-16-19(27)24-15(18(26)25-16)8-11-7-12(28-4)5-6-13(11)21/h5-10H,1-4H3,(H,22,23)(H,24,27)(H,25,26). The highest BCUT2D eigenvalue weighted by molar-refractivity contribution is 5.52. The van der Waals surface area contributed by atoms with Crippen molar-refractivity contribution >= 4 is 12.2 Å². The number of H-pyrrole nitrogens is 3. The molecule has 0 atom stereocenters. The number of aromatic amines is 3. The molecule has 0 spiro atoms. The third kappa shape index (κ3) is 3.95. The predicted molar refractivity (Wildman–Crippen MR) is 104 cm³/mol. The Morgan fingerprint density at radius 3 is 2.32 bits per heavy atom. The summed E-state index contributed by atoms with van der Waals surface area (Å²) in [4.78, 5) is 37.2. The van der Waals surface area contributed by atoms with Crippen LogP contribution in [0.2, 0.25) is 0 Å². The van der Waals surface area contributed by atoms with Gasteiger partial charge in [0, 0.05) is 16.7 Å². The third-order valence-corrected chi connectivity index (χ3v) is 4.19. The van der Waals surface area contributed by atoms with E-state index in [1.807, 2.05) is 20.8 Å². The number of halogens is 1. The van der Waals surface area contributed by atoms with Crippen LogP contribution < -0.4 is 26.6 Å². The number of methoxy groups -OCH3 is 1. The molecule has 28 heavy (non-hydrogen) atoms. The van der Waals surface area contributed by atoms with Crippen LogP contribution in [0.5, 0.6) is 5.75 Å². The minimum atomic E-state index is -0.555. The van der Waals surface area contributed by atoms with E-state index in [2.05, 4.69) is 19.9 Å². The molecule has 0 amide bonds. The predicted octanol–water partition coefficient (Wildman–Crippen LogP) is 0.889. The highest BCUT2D eigenvalue weighted by atomic mass is 19.1. The summed E-state index contributed by atoms with van der Waals surface area (Å²) in [6.07, 6.45) is 4.30. The van der Waals surface area contributed by atoms with E-state index < -0.39 is 16.9 Å². The first kappa shape index (κ1) is 19.3. The largest absolute Gasteiger partial charge is 0.497 e. The van der Waals surface area contributed by atoms with Crippen molar-refractivity contribution in [2.24, 2.45) is 0 Å². The molecule has 0 aliphatic heterocycles. The zero-order chi connectivity index (χ0) is 20.5. The minimum absolute atomic E-state index is 0.0610. The van der Waals surface area contributed by atoms with Gasteiger partial charge in [-0.15, -0.1) is 0 Å². The van der Waals surface area contributed by atoms with E-state index in [0.717, 1.165) is 5.69 Å². The number of nitrogens with zero attached hydrogens (tertiary/aromatic N) is 1. The van der Waals surface area contributed by atoms with Gasteiger partial charge >= 0.3 is 0 Å². The first-order chi connectivity index (χ1) is 13.2. The van der Waals surface area contributed by atoms with Gasteiger partial charge in [0.25, 0.3) is 11.1 Å². The Balaban J connectivity index is 2.15. The van der Waals surface area contributed by atoms with Crippen LogP contribution in [0.1, 0.15) is 37.7 Å². The highest BCUT2D eigenvalue weighted by Crippen LogP contribution is 2.22. The molecule has 3 aromatic rings. The second kappa shape index (κ2) is 7.30. The molecular weight excluding hydrogens is 363 g/mol. The van der Waals surface area contributed by atoms with E-state index in [-0.39, 0.29) is 21.7 Å². The number of benzene rings is 1. The molecule has 7 nitrogen and oxygen atoms in total. The molecule has 0 unspecified atom stereocenters. The van der Waals surface area contributed by atoms with Crippen LogP contribution in [-0.2, 0) is 5.41 Å². The van der Waals surface area contributed by atoms with Crippen LogP contribution in [0.4, 0.5) is 4.39 Å². The molecule has 146 valence electrons. The molecular formula is C20H21FN4O3. The normalized spacial score (nSPS) is 13.2. The van der Waals surface area contributed by atoms with Crippen LogP contribution >= 0.6 is 0 Å². The summed E-state index contributed by atoms with van der Waals surface area (Å²) in [5.41, 5.74) is 0.232. The zero-order valence-corrected chi connectivity index (χ0v) is 16.0. The highest BCUT2D eigenvalue weighted by Gasteiger charge is 2.19. The lowest BCUT2D eigenvalue weighted by atomic mass is 9.90. The molecule has 2 heterocycles. The molecule has 0 saturated carbocycles. The van der Waals surface area contributed by atoms with E-state index in [9.17, 15) is 14.0 Å². The molecule has 0 aliphatic carbocycles. The zero-order valence-electron chi connectivity index (χ0n) is 16.0. The van der Waals surface area contributed by atoms with Gasteiger partial charge in [0.1, 0.15) is 22.3 Å². The van der Waals surface area contributed by atoms with Gasteiger partial charge in [-0.2, -0.15) is 0 Å². The summed E-state index contributed by atoms with van der Waals surface area (Å²) in [5, 5.41) is -0.00163. The van der Waals surface area contributed by atoms with Crippen LogP contribution in [0.3, 0.4) is 0 Å². The van der Waals surface area contributed by atoms with Crippen LogP contribution in [0.25, 0.3) is 12.2 Å². The van der Waals surface area contributed by atoms with E-state index >= 15 is 0 Å². The van der Waals surface area contributed by atoms with Crippen molar-refractivity contribution in [1.29, 1.82) is 0 Å². The van der Waals surface area contributed by atoms with Crippen molar-refractivity contribution in [2.75, 3.05) is 7.11 Å². The van der Waals surface area contributed by atoms with Crippen molar-refractivity contribution in [2.45, 2.75) is 26.2 Å². The van der Waals surface area contributed by atoms with E-state index in [1.54, 1.807) is 0 Å². The molecule has 0 fully saturated rings. The minimum Gasteiger partial charge on any atom is -0.497 e. The average Bonchev–Trinajstić information content (AvgIpc) is 3.09. The van der Waals surface area contributed by atoms with Crippen LogP contribution in [-0.4, -0.2) is 27.0 Å². The van der Waals surface area contributed by atoms with Crippen molar-refractivity contribution < 1.29 is 9.13 Å². The number of ether oxygens (including phenoxy) is 1. The molecule has 8 heteroatoms. The lowest BCUT2D eigenvalue weighted by Gasteiger charge is -2.16. The fourth-order valence-electron chi connectivity index (χ4n) is 2.76. The maximum Gasteiger partial charge on any atom is 0.272 e. The maximum atomic E-state index is 14.0. The van der Waals surface area contributed by atoms with Crippen molar-refractivity contribution in [1.82, 2.24) is 19.9 Å². The Bertz CT molecular complexity index is 1250. The molecule has 3 rings (SSSR count). The van der Waals surface area contributed by atoms with Gasteiger partial charge < -0.3 is 19.7 Å². The molecule has 2 aromatic heterocycles. The quantitative estimate of drug-likeness (QED) is 0.624. The lowest BCUT2D eigenvalue weighted by molar-refractivity contribution is 0.413. The molecule has 3 N–H and O–H groups in total. The van der Waals surface area contributed by atoms with Gasteiger partial charge in [-0.1, -0.05) is 20.8 Å². The number of hydrogen-bond donors (Lipinski definition) is 3. The number of nitrogens with one attached hydrogen (secondary N) is 3. The Kier molecular flexibility index (Phi) is 5.04. The first-order valence-electron chi connectivity index (χ1n) is 8.62. The molecule has 0 aliphatic rings. The van der Waals surface area contributed by atoms with Gasteiger partial charge in [0.05, 0.1) is 19.1 Å². The van der Waals surface area contributed by atoms with Crippen molar-refractivity contribution in [3.05, 3.63) is 78.7 Å². The topological polar surface area (TPSA) is 104 Å². The fourth-order valence-corrected chi connectivity index (χ4v) is 2.76. The lowest BCUT2D eigenvalue weighted by Crippen LogP contribution is -2.46. The fraction of sp³-hybridized carbons (Fsp3) is 0.250. The Morgan fingerprint density at radius 1 is 1.07 bits per heavy atom. The third-order valence-electron chi connectivity index (χ3n) is 4.19.